The van der Waals surface area contributed by atoms with Gasteiger partial charge < -0.3 is 5.32 Å². The molecule has 1 N–H and O–H groups in total. The van der Waals surface area contributed by atoms with Gasteiger partial charge >= 0.3 is 0 Å². The summed E-state index contributed by atoms with van der Waals surface area (Å²) in [5.41, 5.74) is 2.93. The highest BCUT2D eigenvalue weighted by Gasteiger charge is 2.01. The zero-order chi connectivity index (χ0) is 11.2. The Morgan fingerprint density at radius 1 is 0.938 bits per heavy atom. The monoisotopic (exact) mass is 210 g/mol. The summed E-state index contributed by atoms with van der Waals surface area (Å²) in [4.78, 5) is 10.4. The number of rotatable bonds is 4. The molecule has 0 amide bonds. The Morgan fingerprint density at radius 3 is 2.38 bits per heavy atom. The maximum absolute atomic E-state index is 10.4. The standard InChI is InChI=1S/C14H12NO/c16-11-10-12-6-4-5-9-14(12)15-13-7-2-1-3-8-13/h1-9,15H,10H2. The predicted molar refractivity (Wildman–Crippen MR) is 65.6 cm³/mol. The van der Waals surface area contributed by atoms with E-state index in [1.54, 1.807) is 0 Å². The molecular weight excluding hydrogens is 198 g/mol. The maximum atomic E-state index is 10.4. The first-order valence-electron chi connectivity index (χ1n) is 5.15. The first kappa shape index (κ1) is 10.4. The van der Waals surface area contributed by atoms with Gasteiger partial charge in [0.15, 0.2) is 0 Å². The van der Waals surface area contributed by atoms with Crippen LogP contribution in [0.3, 0.4) is 0 Å². The first-order chi connectivity index (χ1) is 7.90. The Balaban J connectivity index is 2.24. The molecule has 0 atom stereocenters. The first-order valence-corrected chi connectivity index (χ1v) is 5.15. The molecule has 0 fully saturated rings. The highest BCUT2D eigenvalue weighted by molar-refractivity contribution is 5.68. The molecule has 1 radical (unpaired) electrons. The van der Waals surface area contributed by atoms with Crippen LogP contribution in [0.2, 0.25) is 0 Å². The quantitative estimate of drug-likeness (QED) is 0.840. The average molecular weight is 210 g/mol. The second-order valence-electron chi connectivity index (χ2n) is 3.47. The molecule has 0 aliphatic rings. The third-order valence-electron chi connectivity index (χ3n) is 2.33. The second-order valence-corrected chi connectivity index (χ2v) is 3.47. The van der Waals surface area contributed by atoms with E-state index < -0.39 is 0 Å². The molecule has 2 aromatic carbocycles. The summed E-state index contributed by atoms with van der Waals surface area (Å²) in [6.07, 6.45) is 2.24. The van der Waals surface area contributed by atoms with Gasteiger partial charge in [-0.15, -0.1) is 0 Å². The number of anilines is 2. The minimum Gasteiger partial charge on any atom is -0.355 e. The Bertz CT molecular complexity index is 465. The molecule has 0 heterocycles. The van der Waals surface area contributed by atoms with Crippen molar-refractivity contribution in [1.82, 2.24) is 0 Å². The summed E-state index contributed by atoms with van der Waals surface area (Å²) in [6.45, 7) is 0. The van der Waals surface area contributed by atoms with Gasteiger partial charge in [0.1, 0.15) is 0 Å². The largest absolute Gasteiger partial charge is 0.355 e. The molecule has 2 rings (SSSR count). The lowest BCUT2D eigenvalue weighted by molar-refractivity contribution is 0.555. The van der Waals surface area contributed by atoms with E-state index in [4.69, 9.17) is 0 Å². The van der Waals surface area contributed by atoms with Crippen molar-refractivity contribution in [1.29, 1.82) is 0 Å². The summed E-state index contributed by atoms with van der Waals surface area (Å²) in [6, 6.07) is 17.6. The van der Waals surface area contributed by atoms with Crippen molar-refractivity contribution in [3.05, 3.63) is 60.2 Å². The minimum atomic E-state index is 0.315. The summed E-state index contributed by atoms with van der Waals surface area (Å²) < 4.78 is 0. The predicted octanol–water partition coefficient (Wildman–Crippen LogP) is 3.08. The van der Waals surface area contributed by atoms with Crippen LogP contribution in [-0.2, 0) is 11.2 Å². The van der Waals surface area contributed by atoms with Crippen LogP contribution in [0.5, 0.6) is 0 Å². The van der Waals surface area contributed by atoms with Gasteiger partial charge in [-0.2, -0.15) is 0 Å². The van der Waals surface area contributed by atoms with Gasteiger partial charge in [0.25, 0.3) is 0 Å². The van der Waals surface area contributed by atoms with Crippen LogP contribution in [-0.4, -0.2) is 6.29 Å². The van der Waals surface area contributed by atoms with Gasteiger partial charge in [-0.3, -0.25) is 4.79 Å². The fourth-order valence-corrected chi connectivity index (χ4v) is 1.55. The van der Waals surface area contributed by atoms with Gasteiger partial charge in [0.05, 0.1) is 0 Å². The van der Waals surface area contributed by atoms with Gasteiger partial charge in [0.2, 0.25) is 6.29 Å². The molecule has 0 aromatic heterocycles. The lowest BCUT2D eigenvalue weighted by Gasteiger charge is -2.09. The maximum Gasteiger partial charge on any atom is 0.203 e. The van der Waals surface area contributed by atoms with Crippen LogP contribution < -0.4 is 5.32 Å². The molecular formula is C14H12NO. The lowest BCUT2D eigenvalue weighted by Crippen LogP contribution is -1.96. The van der Waals surface area contributed by atoms with E-state index in [9.17, 15) is 4.79 Å². The Labute approximate surface area is 94.9 Å². The fraction of sp³-hybridized carbons (Fsp3) is 0.0714. The fourth-order valence-electron chi connectivity index (χ4n) is 1.55. The van der Waals surface area contributed by atoms with E-state index in [2.05, 4.69) is 5.32 Å². The number of para-hydroxylation sites is 2. The molecule has 0 aliphatic carbocycles. The van der Waals surface area contributed by atoms with E-state index in [-0.39, 0.29) is 0 Å². The van der Waals surface area contributed by atoms with E-state index in [0.29, 0.717) is 6.42 Å². The molecule has 0 spiro atoms. The molecule has 0 saturated carbocycles. The van der Waals surface area contributed by atoms with Crippen molar-refractivity contribution in [2.24, 2.45) is 0 Å². The molecule has 0 saturated heterocycles. The Morgan fingerprint density at radius 2 is 1.62 bits per heavy atom. The van der Waals surface area contributed by atoms with Crippen molar-refractivity contribution in [3.63, 3.8) is 0 Å². The number of benzene rings is 2. The molecule has 2 aromatic rings. The second kappa shape index (κ2) is 5.12. The summed E-state index contributed by atoms with van der Waals surface area (Å²) in [7, 11) is 0. The summed E-state index contributed by atoms with van der Waals surface area (Å²) >= 11 is 0. The topological polar surface area (TPSA) is 29.1 Å². The molecule has 79 valence electrons. The SMILES string of the molecule is O=[C]Cc1ccccc1Nc1ccccc1. The molecule has 0 aliphatic heterocycles. The Kier molecular flexibility index (Phi) is 3.34. The van der Waals surface area contributed by atoms with Crippen LogP contribution in [0, 0.1) is 0 Å². The van der Waals surface area contributed by atoms with Gasteiger partial charge in [-0.1, -0.05) is 36.4 Å². The number of carbonyl (C=O) groups excluding carboxylic acids is 1. The normalized spacial score (nSPS) is 9.75. The van der Waals surface area contributed by atoms with Crippen LogP contribution in [0.25, 0.3) is 0 Å². The van der Waals surface area contributed by atoms with Gasteiger partial charge in [0, 0.05) is 17.8 Å². The van der Waals surface area contributed by atoms with Crippen LogP contribution in [0.4, 0.5) is 11.4 Å². The smallest absolute Gasteiger partial charge is 0.203 e. The molecule has 16 heavy (non-hydrogen) atoms. The van der Waals surface area contributed by atoms with Crippen LogP contribution in [0.15, 0.2) is 54.6 Å². The summed E-state index contributed by atoms with van der Waals surface area (Å²) in [5.74, 6) is 0. The minimum absolute atomic E-state index is 0.315. The highest BCUT2D eigenvalue weighted by Crippen LogP contribution is 2.20. The van der Waals surface area contributed by atoms with Crippen molar-refractivity contribution in [2.75, 3.05) is 5.32 Å². The molecule has 0 bridgehead atoms. The van der Waals surface area contributed by atoms with Crippen molar-refractivity contribution in [2.45, 2.75) is 6.42 Å². The number of hydrogen-bond donors (Lipinski definition) is 1. The zero-order valence-electron chi connectivity index (χ0n) is 8.81. The molecule has 0 unspecified atom stereocenters. The zero-order valence-corrected chi connectivity index (χ0v) is 8.81. The third kappa shape index (κ3) is 2.48. The highest BCUT2D eigenvalue weighted by atomic mass is 16.1. The van der Waals surface area contributed by atoms with Crippen molar-refractivity contribution < 1.29 is 4.79 Å². The number of nitrogens with one attached hydrogen (secondary N) is 1. The van der Waals surface area contributed by atoms with E-state index >= 15 is 0 Å². The van der Waals surface area contributed by atoms with E-state index in [0.717, 1.165) is 16.9 Å². The van der Waals surface area contributed by atoms with Crippen molar-refractivity contribution in [3.8, 4) is 0 Å². The van der Waals surface area contributed by atoms with Crippen LogP contribution >= 0.6 is 0 Å². The van der Waals surface area contributed by atoms with E-state index in [1.807, 2.05) is 60.9 Å². The molecule has 2 nitrogen and oxygen atoms in total. The van der Waals surface area contributed by atoms with E-state index in [1.165, 1.54) is 0 Å². The third-order valence-corrected chi connectivity index (χ3v) is 2.33. The molecule has 2 heteroatoms. The van der Waals surface area contributed by atoms with Crippen LogP contribution in [0.1, 0.15) is 5.56 Å². The van der Waals surface area contributed by atoms with Gasteiger partial charge in [-0.25, -0.2) is 0 Å². The van der Waals surface area contributed by atoms with Crippen molar-refractivity contribution >= 4 is 17.7 Å². The lowest BCUT2D eigenvalue weighted by atomic mass is 10.1. The van der Waals surface area contributed by atoms with Gasteiger partial charge in [-0.05, 0) is 23.8 Å². The summed E-state index contributed by atoms with van der Waals surface area (Å²) in [5, 5.41) is 3.28. The number of hydrogen-bond acceptors (Lipinski definition) is 2. The Hall–Kier alpha value is -2.09. The average Bonchev–Trinajstić information content (AvgIpc) is 2.33.